The number of nitrogens with one attached hydrogen (secondary N) is 2. The highest BCUT2D eigenvalue weighted by atomic mass is 16.5. The number of carbonyl (C=O) groups is 3. The van der Waals surface area contributed by atoms with Crippen molar-refractivity contribution in [3.8, 4) is 11.5 Å². The normalized spacial score (nSPS) is 19.4. The molecule has 11 heteroatoms. The first-order valence-corrected chi connectivity index (χ1v) is 16.9. The van der Waals surface area contributed by atoms with Gasteiger partial charge in [-0.1, -0.05) is 37.3 Å². The van der Waals surface area contributed by atoms with Crippen molar-refractivity contribution in [3.05, 3.63) is 83.9 Å². The first-order valence-electron chi connectivity index (χ1n) is 16.9. The van der Waals surface area contributed by atoms with Crippen LogP contribution in [0.2, 0.25) is 0 Å². The van der Waals surface area contributed by atoms with Crippen molar-refractivity contribution in [1.29, 1.82) is 0 Å². The molecule has 264 valence electrons. The van der Waals surface area contributed by atoms with Gasteiger partial charge < -0.3 is 39.8 Å². The minimum Gasteiger partial charge on any atom is -0.497 e. The number of ether oxygens (including phenoxy) is 3. The Morgan fingerprint density at radius 1 is 1.02 bits per heavy atom. The van der Waals surface area contributed by atoms with Crippen molar-refractivity contribution in [1.82, 2.24) is 9.80 Å². The van der Waals surface area contributed by atoms with Gasteiger partial charge in [0, 0.05) is 44.0 Å². The number of benzene rings is 3. The summed E-state index contributed by atoms with van der Waals surface area (Å²) in [6.45, 7) is 6.61. The quantitative estimate of drug-likeness (QED) is 0.260. The summed E-state index contributed by atoms with van der Waals surface area (Å²) in [5, 5.41) is 15.8. The van der Waals surface area contributed by atoms with Crippen molar-refractivity contribution in [2.75, 3.05) is 51.1 Å². The number of carbonyl (C=O) groups excluding carboxylic acids is 3. The van der Waals surface area contributed by atoms with Crippen LogP contribution in [0, 0.1) is 5.92 Å². The molecule has 3 aromatic rings. The van der Waals surface area contributed by atoms with Crippen LogP contribution >= 0.6 is 0 Å². The van der Waals surface area contributed by atoms with E-state index in [2.05, 4.69) is 10.6 Å². The van der Waals surface area contributed by atoms with Gasteiger partial charge in [-0.2, -0.15) is 0 Å². The van der Waals surface area contributed by atoms with Gasteiger partial charge in [-0.3, -0.25) is 9.59 Å². The smallest absolute Gasteiger partial charge is 0.323 e. The number of rotatable bonds is 9. The van der Waals surface area contributed by atoms with Crippen LogP contribution < -0.4 is 20.1 Å². The van der Waals surface area contributed by atoms with Gasteiger partial charge in [0.05, 0.1) is 44.0 Å². The first kappa shape index (κ1) is 37.2. The van der Waals surface area contributed by atoms with E-state index in [1.807, 2.05) is 44.2 Å². The van der Waals surface area contributed by atoms with Gasteiger partial charge >= 0.3 is 6.03 Å². The number of aliphatic hydroxyl groups is 1. The Kier molecular flexibility index (Phi) is 13.8. The molecule has 3 N–H and O–H groups in total. The van der Waals surface area contributed by atoms with Gasteiger partial charge in [0.15, 0.2) is 0 Å². The molecule has 0 fully saturated rings. The van der Waals surface area contributed by atoms with Crippen LogP contribution in [-0.2, 0) is 16.0 Å². The van der Waals surface area contributed by atoms with Crippen LogP contribution in [-0.4, -0.2) is 91.5 Å². The van der Waals surface area contributed by atoms with E-state index in [1.54, 1.807) is 73.3 Å². The summed E-state index contributed by atoms with van der Waals surface area (Å²) in [5.41, 5.74) is 2.19. The lowest BCUT2D eigenvalue weighted by Crippen LogP contribution is -2.48. The maximum absolute atomic E-state index is 14.4. The minimum absolute atomic E-state index is 0.0194. The number of urea groups is 1. The summed E-state index contributed by atoms with van der Waals surface area (Å²) in [6.07, 6.45) is 2.16. The van der Waals surface area contributed by atoms with Crippen molar-refractivity contribution in [2.45, 2.75) is 64.7 Å². The van der Waals surface area contributed by atoms with Gasteiger partial charge in [-0.05, 0) is 81.1 Å². The summed E-state index contributed by atoms with van der Waals surface area (Å²) in [5.74, 6) is 0.515. The molecular weight excluding hydrogens is 624 g/mol. The van der Waals surface area contributed by atoms with Gasteiger partial charge in [0.25, 0.3) is 5.91 Å². The largest absolute Gasteiger partial charge is 0.497 e. The monoisotopic (exact) mass is 674 g/mol. The average Bonchev–Trinajstić information content (AvgIpc) is 3.10. The standard InChI is InChI=1S/C38H50N4O7/c1-26-23-42(27(2)25-43)37(45)33-22-31(40-38(46)39-30-14-17-32(47-5)18-15-30)16-19-34(33)49-28(3)11-9-10-20-48-35(26)24-41(4)36(44)21-29-12-7-6-8-13-29/h6-8,12-19,22,26-28,35,43H,9-11,20-21,23-25H2,1-5H3,(H2,39,40,46)/t26-,27-,28-,35-/m0/s1. The minimum atomic E-state index is -0.527. The summed E-state index contributed by atoms with van der Waals surface area (Å²) in [7, 11) is 3.35. The predicted molar refractivity (Wildman–Crippen MR) is 190 cm³/mol. The van der Waals surface area contributed by atoms with Crippen LogP contribution in [0.3, 0.4) is 0 Å². The molecule has 1 aliphatic heterocycles. The second kappa shape index (κ2) is 18.2. The third-order valence-electron chi connectivity index (χ3n) is 8.74. The molecule has 4 rings (SSSR count). The molecule has 0 aromatic heterocycles. The first-order chi connectivity index (χ1) is 23.6. The van der Waals surface area contributed by atoms with Crippen LogP contribution in [0.25, 0.3) is 0 Å². The second-order valence-electron chi connectivity index (χ2n) is 12.8. The number of nitrogens with zero attached hydrogens (tertiary/aromatic N) is 2. The Hall–Kier alpha value is -4.61. The molecule has 1 aliphatic rings. The Morgan fingerprint density at radius 3 is 2.41 bits per heavy atom. The zero-order valence-electron chi connectivity index (χ0n) is 29.2. The molecule has 0 saturated heterocycles. The van der Waals surface area contributed by atoms with Crippen molar-refractivity contribution in [3.63, 3.8) is 0 Å². The molecular formula is C38H50N4O7. The summed E-state index contributed by atoms with van der Waals surface area (Å²) in [4.78, 5) is 43.7. The van der Waals surface area contributed by atoms with E-state index in [1.165, 1.54) is 0 Å². The van der Waals surface area contributed by atoms with E-state index in [0.29, 0.717) is 36.0 Å². The van der Waals surface area contributed by atoms with Crippen molar-refractivity contribution in [2.24, 2.45) is 5.92 Å². The second-order valence-corrected chi connectivity index (χ2v) is 12.8. The molecule has 0 bridgehead atoms. The van der Waals surface area contributed by atoms with Crippen LogP contribution in [0.5, 0.6) is 11.5 Å². The number of hydrogen-bond acceptors (Lipinski definition) is 7. The lowest BCUT2D eigenvalue weighted by molar-refractivity contribution is -0.131. The molecule has 4 amide bonds. The molecule has 0 spiro atoms. The molecule has 1 heterocycles. The highest BCUT2D eigenvalue weighted by Crippen LogP contribution is 2.29. The lowest BCUT2D eigenvalue weighted by Gasteiger charge is -2.36. The maximum Gasteiger partial charge on any atom is 0.323 e. The van der Waals surface area contributed by atoms with Crippen molar-refractivity contribution < 1.29 is 33.7 Å². The lowest BCUT2D eigenvalue weighted by atomic mass is 10.0. The number of aliphatic hydroxyl groups excluding tert-OH is 1. The molecule has 0 aliphatic carbocycles. The third kappa shape index (κ3) is 11.0. The van der Waals surface area contributed by atoms with Crippen LogP contribution in [0.15, 0.2) is 72.8 Å². The zero-order chi connectivity index (χ0) is 35.3. The van der Waals surface area contributed by atoms with E-state index >= 15 is 0 Å². The summed E-state index contributed by atoms with van der Waals surface area (Å²) >= 11 is 0. The maximum atomic E-state index is 14.4. The fourth-order valence-corrected chi connectivity index (χ4v) is 5.71. The Bertz CT molecular complexity index is 1520. The van der Waals surface area contributed by atoms with Gasteiger partial charge in [-0.15, -0.1) is 0 Å². The Labute approximate surface area is 289 Å². The molecule has 0 unspecified atom stereocenters. The van der Waals surface area contributed by atoms with Crippen LogP contribution in [0.1, 0.15) is 56.0 Å². The van der Waals surface area contributed by atoms with E-state index in [0.717, 1.165) is 24.8 Å². The highest BCUT2D eigenvalue weighted by Gasteiger charge is 2.31. The Morgan fingerprint density at radius 2 is 1.71 bits per heavy atom. The van der Waals surface area contributed by atoms with E-state index < -0.39 is 12.1 Å². The van der Waals surface area contributed by atoms with E-state index in [-0.39, 0.29) is 55.1 Å². The highest BCUT2D eigenvalue weighted by molar-refractivity contribution is 6.02. The Balaban J connectivity index is 1.57. The van der Waals surface area contributed by atoms with E-state index in [9.17, 15) is 19.5 Å². The summed E-state index contributed by atoms with van der Waals surface area (Å²) in [6, 6.07) is 20.6. The molecule has 49 heavy (non-hydrogen) atoms. The van der Waals surface area contributed by atoms with Gasteiger partial charge in [0.1, 0.15) is 11.5 Å². The molecule has 0 saturated carbocycles. The molecule has 11 nitrogen and oxygen atoms in total. The van der Waals surface area contributed by atoms with Crippen LogP contribution in [0.4, 0.5) is 16.2 Å². The third-order valence-corrected chi connectivity index (χ3v) is 8.74. The number of hydrogen-bond donors (Lipinski definition) is 3. The fourth-order valence-electron chi connectivity index (χ4n) is 5.71. The fraction of sp³-hybridized carbons (Fsp3) is 0.447. The van der Waals surface area contributed by atoms with Crippen molar-refractivity contribution >= 4 is 29.2 Å². The molecule has 0 radical (unpaired) electrons. The summed E-state index contributed by atoms with van der Waals surface area (Å²) < 4.78 is 17.9. The van der Waals surface area contributed by atoms with Gasteiger partial charge in [0.2, 0.25) is 5.91 Å². The predicted octanol–water partition coefficient (Wildman–Crippen LogP) is 5.84. The van der Waals surface area contributed by atoms with Gasteiger partial charge in [-0.25, -0.2) is 4.79 Å². The SMILES string of the molecule is COc1ccc(NC(=O)Nc2ccc3c(c2)C(=O)N([C@@H](C)CO)C[C@H](C)[C@H](CN(C)C(=O)Cc2ccccc2)OCCCC[C@H](C)O3)cc1. The van der Waals surface area contributed by atoms with E-state index in [4.69, 9.17) is 14.2 Å². The zero-order valence-corrected chi connectivity index (χ0v) is 29.2. The number of methoxy groups -OCH3 is 1. The average molecular weight is 675 g/mol. The molecule has 3 aromatic carbocycles. The topological polar surface area (TPSA) is 130 Å². The molecule has 4 atom stereocenters. The number of likely N-dealkylation sites (N-methyl/N-ethyl adjacent to an activating group) is 1. The number of fused-ring (bicyclic) bond motifs is 1. The number of anilines is 2. The number of amides is 4.